The van der Waals surface area contributed by atoms with Gasteiger partial charge in [0.1, 0.15) is 11.2 Å². The lowest BCUT2D eigenvalue weighted by Crippen LogP contribution is -2.48. The summed E-state index contributed by atoms with van der Waals surface area (Å²) < 4.78 is 7.48. The van der Waals surface area contributed by atoms with Crippen molar-refractivity contribution in [3.8, 4) is 0 Å². The van der Waals surface area contributed by atoms with Crippen LogP contribution in [-0.4, -0.2) is 50.4 Å². The van der Waals surface area contributed by atoms with Gasteiger partial charge < -0.3 is 19.3 Å². The number of nitrogens with zero attached hydrogens (tertiary/aromatic N) is 3. The quantitative estimate of drug-likeness (QED) is 0.581. The third kappa shape index (κ3) is 3.89. The molecule has 8 heteroatoms. The molecule has 0 spiro atoms. The first-order chi connectivity index (χ1) is 13.6. The van der Waals surface area contributed by atoms with Crippen LogP contribution in [0.4, 0.5) is 4.79 Å². The highest BCUT2D eigenvalue weighted by molar-refractivity contribution is 6.33. The van der Waals surface area contributed by atoms with E-state index in [2.05, 4.69) is 4.98 Å². The second kappa shape index (κ2) is 7.35. The van der Waals surface area contributed by atoms with Gasteiger partial charge in [-0.3, -0.25) is 0 Å². The fourth-order valence-electron chi connectivity index (χ4n) is 3.92. The molecule has 4 rings (SSSR count). The molecule has 3 aromatic rings. The van der Waals surface area contributed by atoms with E-state index >= 15 is 0 Å². The van der Waals surface area contributed by atoms with E-state index < -0.39 is 17.8 Å². The molecule has 2 atom stereocenters. The van der Waals surface area contributed by atoms with Crippen LogP contribution >= 0.6 is 23.2 Å². The molecule has 1 aliphatic heterocycles. The molecular weight excluding hydrogens is 413 g/mol. The number of pyridine rings is 1. The summed E-state index contributed by atoms with van der Waals surface area (Å²) in [5.41, 5.74) is 1.09. The maximum atomic E-state index is 12.4. The van der Waals surface area contributed by atoms with E-state index in [0.29, 0.717) is 23.0 Å². The molecule has 154 valence electrons. The number of piperidine rings is 1. The Hall–Kier alpha value is -2.02. The van der Waals surface area contributed by atoms with Crippen molar-refractivity contribution >= 4 is 51.2 Å². The van der Waals surface area contributed by atoms with E-state index in [1.54, 1.807) is 11.1 Å². The van der Waals surface area contributed by atoms with Gasteiger partial charge in [-0.05, 0) is 51.5 Å². The van der Waals surface area contributed by atoms with Crippen LogP contribution < -0.4 is 0 Å². The Morgan fingerprint density at radius 1 is 1.21 bits per heavy atom. The van der Waals surface area contributed by atoms with E-state index in [9.17, 15) is 9.90 Å². The number of aliphatic hydroxyl groups is 1. The predicted octanol–water partition coefficient (Wildman–Crippen LogP) is 5.04. The van der Waals surface area contributed by atoms with Crippen molar-refractivity contribution in [2.24, 2.45) is 0 Å². The number of hydrogen-bond donors (Lipinski definition) is 1. The fraction of sp³-hybridized carbons (Fsp3) is 0.429. The molecule has 1 aliphatic rings. The van der Waals surface area contributed by atoms with Crippen LogP contribution in [0.1, 0.15) is 33.2 Å². The highest BCUT2D eigenvalue weighted by atomic mass is 35.5. The number of halogens is 2. The molecule has 1 saturated heterocycles. The molecule has 1 N–H and O–H groups in total. The van der Waals surface area contributed by atoms with Crippen molar-refractivity contribution < 1.29 is 14.6 Å². The van der Waals surface area contributed by atoms with Crippen molar-refractivity contribution in [1.29, 1.82) is 0 Å². The van der Waals surface area contributed by atoms with Gasteiger partial charge in [-0.2, -0.15) is 0 Å². The third-order valence-electron chi connectivity index (χ3n) is 5.10. The minimum absolute atomic E-state index is 0.196. The number of β-amino-alcohol motifs (C(OH)–C–C–N with tert-alkyl or cyclic N) is 1. The summed E-state index contributed by atoms with van der Waals surface area (Å²) in [6, 6.07) is 7.27. The normalized spacial score (nSPS) is 20.4. The van der Waals surface area contributed by atoms with Gasteiger partial charge in [0.05, 0.1) is 29.2 Å². The Labute approximate surface area is 179 Å². The number of aromatic nitrogens is 2. The predicted molar refractivity (Wildman–Crippen MR) is 115 cm³/mol. The monoisotopic (exact) mass is 435 g/mol. The number of amides is 1. The van der Waals surface area contributed by atoms with Gasteiger partial charge in [0.15, 0.2) is 0 Å². The summed E-state index contributed by atoms with van der Waals surface area (Å²) in [6.45, 7) is 6.16. The summed E-state index contributed by atoms with van der Waals surface area (Å²) in [6.07, 6.45) is 1.01. The number of carbonyl (C=O) groups is 1. The molecule has 0 saturated carbocycles. The molecule has 0 aliphatic carbocycles. The Kier molecular flexibility index (Phi) is 5.13. The lowest BCUT2D eigenvalue weighted by molar-refractivity contribution is -0.00886. The first-order valence-corrected chi connectivity index (χ1v) is 10.3. The molecular formula is C21H23Cl2N3O3. The van der Waals surface area contributed by atoms with Crippen LogP contribution in [0.5, 0.6) is 0 Å². The molecule has 1 aromatic carbocycles. The number of rotatable bonds is 1. The van der Waals surface area contributed by atoms with E-state index in [0.717, 1.165) is 21.9 Å². The van der Waals surface area contributed by atoms with Crippen LogP contribution in [0.3, 0.4) is 0 Å². The zero-order chi connectivity index (χ0) is 20.9. The highest BCUT2D eigenvalue weighted by Gasteiger charge is 2.35. The van der Waals surface area contributed by atoms with E-state index in [1.807, 2.05) is 49.6 Å². The van der Waals surface area contributed by atoms with Crippen LogP contribution in [-0.2, 0) is 4.74 Å². The smallest absolute Gasteiger partial charge is 0.410 e. The summed E-state index contributed by atoms with van der Waals surface area (Å²) in [5, 5.41) is 13.9. The topological polar surface area (TPSA) is 67.6 Å². The van der Waals surface area contributed by atoms with E-state index in [1.165, 1.54) is 0 Å². The van der Waals surface area contributed by atoms with E-state index in [4.69, 9.17) is 27.9 Å². The number of carbonyl (C=O) groups excluding carboxylic acids is 1. The number of hydrogen-bond acceptors (Lipinski definition) is 4. The maximum Gasteiger partial charge on any atom is 0.410 e. The van der Waals surface area contributed by atoms with Crippen LogP contribution in [0.15, 0.2) is 30.5 Å². The van der Waals surface area contributed by atoms with Gasteiger partial charge in [-0.1, -0.05) is 23.2 Å². The zero-order valence-electron chi connectivity index (χ0n) is 16.5. The third-order valence-corrected chi connectivity index (χ3v) is 5.54. The lowest BCUT2D eigenvalue weighted by Gasteiger charge is -2.37. The summed E-state index contributed by atoms with van der Waals surface area (Å²) in [4.78, 5) is 18.5. The van der Waals surface area contributed by atoms with Gasteiger partial charge in [-0.15, -0.1) is 0 Å². The van der Waals surface area contributed by atoms with Gasteiger partial charge >= 0.3 is 6.09 Å². The number of ether oxygens (including phenoxy) is 1. The zero-order valence-corrected chi connectivity index (χ0v) is 18.0. The molecule has 0 unspecified atom stereocenters. The molecule has 1 amide bonds. The van der Waals surface area contributed by atoms with Gasteiger partial charge in [0, 0.05) is 28.5 Å². The molecule has 1 fully saturated rings. The molecule has 29 heavy (non-hydrogen) atoms. The first kappa shape index (κ1) is 20.3. The number of fused-ring (bicyclic) bond motifs is 3. The van der Waals surface area contributed by atoms with Crippen LogP contribution in [0.2, 0.25) is 10.0 Å². The second-order valence-electron chi connectivity index (χ2n) is 8.41. The van der Waals surface area contributed by atoms with Crippen molar-refractivity contribution in [2.75, 3.05) is 13.1 Å². The average molecular weight is 436 g/mol. The SMILES string of the molecule is CC(C)(C)OC(=O)N1CC[C@@H](n2c3ccc(Cl)cc3c3cc(Cl)cnc32)[C@H](O)C1. The average Bonchev–Trinajstić information content (AvgIpc) is 2.93. The number of benzene rings is 1. The van der Waals surface area contributed by atoms with Crippen molar-refractivity contribution in [3.63, 3.8) is 0 Å². The van der Waals surface area contributed by atoms with Crippen LogP contribution in [0, 0.1) is 0 Å². The Balaban J connectivity index is 1.71. The van der Waals surface area contributed by atoms with Crippen molar-refractivity contribution in [1.82, 2.24) is 14.5 Å². The molecule has 2 aromatic heterocycles. The minimum Gasteiger partial charge on any atom is -0.444 e. The largest absolute Gasteiger partial charge is 0.444 e. The Morgan fingerprint density at radius 3 is 2.62 bits per heavy atom. The van der Waals surface area contributed by atoms with Gasteiger partial charge in [-0.25, -0.2) is 9.78 Å². The summed E-state index contributed by atoms with van der Waals surface area (Å²) in [7, 11) is 0. The maximum absolute atomic E-state index is 12.4. The fourth-order valence-corrected chi connectivity index (χ4v) is 4.25. The first-order valence-electron chi connectivity index (χ1n) is 9.55. The van der Waals surface area contributed by atoms with Gasteiger partial charge in [0.25, 0.3) is 0 Å². The summed E-state index contributed by atoms with van der Waals surface area (Å²) >= 11 is 12.4. The Bertz CT molecular complexity index is 1030. The van der Waals surface area contributed by atoms with Crippen LogP contribution in [0.25, 0.3) is 21.9 Å². The Morgan fingerprint density at radius 2 is 1.93 bits per heavy atom. The summed E-state index contributed by atoms with van der Waals surface area (Å²) in [5.74, 6) is 0. The molecule has 3 heterocycles. The second-order valence-corrected chi connectivity index (χ2v) is 9.28. The minimum atomic E-state index is -0.761. The highest BCUT2D eigenvalue weighted by Crippen LogP contribution is 2.37. The molecule has 0 bridgehead atoms. The standard InChI is InChI=1S/C21H23Cl2N3O3/c1-21(2,3)29-20(28)25-7-6-17(18(27)11-25)26-16-5-4-12(22)8-14(16)15-9-13(23)10-24-19(15)26/h4-5,8-10,17-18,27H,6-7,11H2,1-3H3/t17-,18-/m1/s1. The molecule has 6 nitrogen and oxygen atoms in total. The lowest BCUT2D eigenvalue weighted by atomic mass is 10.0. The van der Waals surface area contributed by atoms with Crippen molar-refractivity contribution in [3.05, 3.63) is 40.5 Å². The number of aliphatic hydroxyl groups excluding tert-OH is 1. The van der Waals surface area contributed by atoms with Gasteiger partial charge in [0.2, 0.25) is 0 Å². The number of likely N-dealkylation sites (tertiary alicyclic amines) is 1. The van der Waals surface area contributed by atoms with E-state index in [-0.39, 0.29) is 12.6 Å². The van der Waals surface area contributed by atoms with Crippen molar-refractivity contribution in [2.45, 2.75) is 44.9 Å². The molecule has 0 radical (unpaired) electrons.